The summed E-state index contributed by atoms with van der Waals surface area (Å²) in [5.41, 5.74) is 9.41. The highest BCUT2D eigenvalue weighted by atomic mass is 127. The zero-order chi connectivity index (χ0) is 18.4. The van der Waals surface area contributed by atoms with E-state index in [1.54, 1.807) is 0 Å². The van der Waals surface area contributed by atoms with Crippen LogP contribution in [0.25, 0.3) is 10.9 Å². The molecule has 6 heteroatoms. The zero-order valence-electron chi connectivity index (χ0n) is 15.7. The number of benzene rings is 2. The molecule has 0 aliphatic carbocycles. The quantitative estimate of drug-likeness (QED) is 0.325. The summed E-state index contributed by atoms with van der Waals surface area (Å²) in [5, 5.41) is 4.30. The van der Waals surface area contributed by atoms with Gasteiger partial charge in [0.15, 0.2) is 5.96 Å². The van der Waals surface area contributed by atoms with E-state index >= 15 is 0 Å². The Morgan fingerprint density at radius 3 is 2.52 bits per heavy atom. The number of hydrogen-bond acceptors (Lipinski definition) is 3. The molecule has 2 aromatic carbocycles. The molecule has 3 aromatic rings. The van der Waals surface area contributed by atoms with Gasteiger partial charge in [-0.1, -0.05) is 48.5 Å². The van der Waals surface area contributed by atoms with Gasteiger partial charge in [-0.3, -0.25) is 0 Å². The van der Waals surface area contributed by atoms with Gasteiger partial charge in [-0.25, -0.2) is 9.98 Å². The van der Waals surface area contributed by atoms with E-state index in [4.69, 9.17) is 5.73 Å². The summed E-state index contributed by atoms with van der Waals surface area (Å²) in [4.78, 5) is 11.2. The maximum absolute atomic E-state index is 6.04. The van der Waals surface area contributed by atoms with Gasteiger partial charge in [0, 0.05) is 26.0 Å². The fourth-order valence-electron chi connectivity index (χ4n) is 2.80. The van der Waals surface area contributed by atoms with Crippen LogP contribution in [0, 0.1) is 0 Å². The van der Waals surface area contributed by atoms with Crippen LogP contribution in [0.15, 0.2) is 65.7 Å². The number of rotatable bonds is 6. The molecule has 0 fully saturated rings. The normalized spacial score (nSPS) is 11.1. The minimum absolute atomic E-state index is 0. The number of fused-ring (bicyclic) bond motifs is 1. The average molecular weight is 475 g/mol. The van der Waals surface area contributed by atoms with Crippen molar-refractivity contribution < 1.29 is 0 Å². The van der Waals surface area contributed by atoms with Gasteiger partial charge in [-0.2, -0.15) is 0 Å². The molecule has 5 nitrogen and oxygen atoms in total. The zero-order valence-corrected chi connectivity index (χ0v) is 18.1. The Morgan fingerprint density at radius 1 is 1.07 bits per heavy atom. The van der Waals surface area contributed by atoms with Crippen LogP contribution < -0.4 is 16.0 Å². The van der Waals surface area contributed by atoms with Crippen molar-refractivity contribution in [1.29, 1.82) is 0 Å². The van der Waals surface area contributed by atoms with Crippen molar-refractivity contribution in [2.45, 2.75) is 13.0 Å². The van der Waals surface area contributed by atoms with E-state index in [-0.39, 0.29) is 24.0 Å². The van der Waals surface area contributed by atoms with Gasteiger partial charge in [-0.15, -0.1) is 24.0 Å². The number of halogens is 1. The summed E-state index contributed by atoms with van der Waals surface area (Å²) in [5.74, 6) is 1.39. The topological polar surface area (TPSA) is 66.5 Å². The van der Waals surface area contributed by atoms with Crippen molar-refractivity contribution in [1.82, 2.24) is 10.3 Å². The Balaban J connectivity index is 0.00000261. The highest BCUT2D eigenvalue weighted by Crippen LogP contribution is 2.22. The molecule has 0 atom stereocenters. The third-order valence-corrected chi connectivity index (χ3v) is 4.23. The molecule has 0 saturated heterocycles. The van der Waals surface area contributed by atoms with E-state index in [0.717, 1.165) is 35.2 Å². The number of para-hydroxylation sites is 1. The Bertz CT molecular complexity index is 893. The van der Waals surface area contributed by atoms with Gasteiger partial charge < -0.3 is 16.0 Å². The largest absolute Gasteiger partial charge is 0.370 e. The molecule has 1 heterocycles. The molecule has 3 N–H and O–H groups in total. The lowest BCUT2D eigenvalue weighted by Gasteiger charge is -2.14. The third kappa shape index (κ3) is 5.82. The molecule has 0 amide bonds. The second-order valence-electron chi connectivity index (χ2n) is 6.41. The average Bonchev–Trinajstić information content (AvgIpc) is 2.66. The highest BCUT2D eigenvalue weighted by Gasteiger charge is 2.07. The van der Waals surface area contributed by atoms with Crippen LogP contribution in [0.4, 0.5) is 5.82 Å². The van der Waals surface area contributed by atoms with E-state index in [2.05, 4.69) is 39.6 Å². The summed E-state index contributed by atoms with van der Waals surface area (Å²) >= 11 is 0. The first-order valence-electron chi connectivity index (χ1n) is 8.77. The maximum Gasteiger partial charge on any atom is 0.188 e. The minimum Gasteiger partial charge on any atom is -0.370 e. The third-order valence-electron chi connectivity index (χ3n) is 4.23. The molecular weight excluding hydrogens is 449 g/mol. The Morgan fingerprint density at radius 2 is 1.78 bits per heavy atom. The molecule has 0 bridgehead atoms. The molecule has 0 aliphatic heterocycles. The molecule has 3 rings (SSSR count). The Hall–Kier alpha value is -2.35. The first kappa shape index (κ1) is 21.0. The van der Waals surface area contributed by atoms with Crippen molar-refractivity contribution in [3.05, 3.63) is 71.8 Å². The van der Waals surface area contributed by atoms with E-state index in [1.807, 2.05) is 55.4 Å². The first-order chi connectivity index (χ1) is 12.6. The summed E-state index contributed by atoms with van der Waals surface area (Å²) in [7, 11) is 3.98. The lowest BCUT2D eigenvalue weighted by atomic mass is 10.1. The van der Waals surface area contributed by atoms with E-state index in [0.29, 0.717) is 12.5 Å². The molecule has 142 valence electrons. The second-order valence-corrected chi connectivity index (χ2v) is 6.41. The van der Waals surface area contributed by atoms with Crippen molar-refractivity contribution in [2.24, 2.45) is 10.7 Å². The van der Waals surface area contributed by atoms with Gasteiger partial charge >= 0.3 is 0 Å². The first-order valence-corrected chi connectivity index (χ1v) is 8.77. The van der Waals surface area contributed by atoms with E-state index in [9.17, 15) is 0 Å². The second kappa shape index (κ2) is 10.1. The van der Waals surface area contributed by atoms with Crippen LogP contribution >= 0.6 is 24.0 Å². The highest BCUT2D eigenvalue weighted by molar-refractivity contribution is 14.0. The number of anilines is 1. The number of hydrogen-bond donors (Lipinski definition) is 2. The molecule has 0 saturated carbocycles. The molecule has 0 unspecified atom stereocenters. The van der Waals surface area contributed by atoms with Gasteiger partial charge in [0.1, 0.15) is 5.82 Å². The van der Waals surface area contributed by atoms with Gasteiger partial charge in [0.05, 0.1) is 12.1 Å². The van der Waals surface area contributed by atoms with Crippen molar-refractivity contribution in [3.8, 4) is 0 Å². The van der Waals surface area contributed by atoms with Crippen molar-refractivity contribution >= 4 is 46.7 Å². The smallest absolute Gasteiger partial charge is 0.188 e. The van der Waals surface area contributed by atoms with Crippen LogP contribution in [0.3, 0.4) is 0 Å². The Kier molecular flexibility index (Phi) is 7.84. The summed E-state index contributed by atoms with van der Waals surface area (Å²) in [6, 6.07) is 20.5. The van der Waals surface area contributed by atoms with E-state index < -0.39 is 0 Å². The molecule has 0 spiro atoms. The van der Waals surface area contributed by atoms with Crippen LogP contribution in [0.2, 0.25) is 0 Å². The minimum atomic E-state index is 0. The van der Waals surface area contributed by atoms with E-state index in [1.165, 1.54) is 5.56 Å². The summed E-state index contributed by atoms with van der Waals surface area (Å²) < 4.78 is 0. The van der Waals surface area contributed by atoms with Crippen molar-refractivity contribution in [3.63, 3.8) is 0 Å². The van der Waals surface area contributed by atoms with Crippen molar-refractivity contribution in [2.75, 3.05) is 25.5 Å². The van der Waals surface area contributed by atoms with Crippen LogP contribution in [0.1, 0.15) is 11.1 Å². The van der Waals surface area contributed by atoms with Gasteiger partial charge in [0.25, 0.3) is 0 Å². The molecular formula is C21H26IN5. The lowest BCUT2D eigenvalue weighted by Crippen LogP contribution is -2.33. The number of aliphatic imine (C=N–C) groups is 1. The SMILES string of the molecule is CN(C)c1cc(CN=C(N)NCCc2ccccc2)c2ccccc2n1.I. The molecule has 0 aliphatic rings. The summed E-state index contributed by atoms with van der Waals surface area (Å²) in [6.07, 6.45) is 0.917. The Labute approximate surface area is 177 Å². The number of nitrogens with zero attached hydrogens (tertiary/aromatic N) is 3. The fourth-order valence-corrected chi connectivity index (χ4v) is 2.80. The molecule has 1 aromatic heterocycles. The molecule has 0 radical (unpaired) electrons. The van der Waals surface area contributed by atoms with Gasteiger partial charge in [0.2, 0.25) is 0 Å². The summed E-state index contributed by atoms with van der Waals surface area (Å²) in [6.45, 7) is 1.29. The van der Waals surface area contributed by atoms with Gasteiger partial charge in [-0.05, 0) is 29.7 Å². The van der Waals surface area contributed by atoms with Crippen LogP contribution in [0.5, 0.6) is 0 Å². The maximum atomic E-state index is 6.04. The predicted octanol–water partition coefficient (Wildman–Crippen LogP) is 3.57. The predicted molar refractivity (Wildman–Crippen MR) is 125 cm³/mol. The number of nitrogens with two attached hydrogens (primary N) is 1. The number of nitrogens with one attached hydrogen (secondary N) is 1. The monoisotopic (exact) mass is 475 g/mol. The lowest BCUT2D eigenvalue weighted by molar-refractivity contribution is 0.848. The standard InChI is InChI=1S/C21H25N5.HI/c1-26(2)20-14-17(18-10-6-7-11-19(18)25-20)15-24-21(22)23-13-12-16-8-4-3-5-9-16;/h3-11,14H,12-13,15H2,1-2H3,(H3,22,23,24);1H. The molecule has 27 heavy (non-hydrogen) atoms. The number of pyridine rings is 1. The fraction of sp³-hybridized carbons (Fsp3) is 0.238. The number of guanidine groups is 1. The number of aromatic nitrogens is 1. The van der Waals surface area contributed by atoms with Crippen LogP contribution in [-0.4, -0.2) is 31.6 Å². The van der Waals surface area contributed by atoms with Crippen LogP contribution in [-0.2, 0) is 13.0 Å².